The summed E-state index contributed by atoms with van der Waals surface area (Å²) < 4.78 is 5.22. The second-order valence-electron chi connectivity index (χ2n) is 8.37. The molecule has 0 heterocycles. The third kappa shape index (κ3) is 4.04. The number of benzene rings is 2. The maximum absolute atomic E-state index is 5.22. The summed E-state index contributed by atoms with van der Waals surface area (Å²) in [5.41, 5.74) is 5.93. The van der Waals surface area contributed by atoms with E-state index in [0.717, 1.165) is 17.8 Å². The molecule has 0 unspecified atom stereocenters. The maximum Gasteiger partial charge on any atom is 0.0713 e. The largest absolute Gasteiger partial charge is 0.380 e. The third-order valence-corrected chi connectivity index (χ3v) is 6.72. The molecule has 26 heavy (non-hydrogen) atoms. The standard InChI is InChI=1S/C25H32O/c1-26-18-19-6-8-21(9-7-19)23-14-16-25(17-15-23)24-12-10-22(11-13-24)20-4-2-3-5-20/h6-13,20,23,25H,2-5,14-18H2,1H3. The first-order valence-corrected chi connectivity index (χ1v) is 10.5. The second-order valence-corrected chi connectivity index (χ2v) is 8.37. The average molecular weight is 349 g/mol. The van der Waals surface area contributed by atoms with Gasteiger partial charge in [0.25, 0.3) is 0 Å². The Morgan fingerprint density at radius 2 is 1.00 bits per heavy atom. The van der Waals surface area contributed by atoms with Crippen LogP contribution in [0.4, 0.5) is 0 Å². The Hall–Kier alpha value is -1.60. The molecule has 0 saturated heterocycles. The van der Waals surface area contributed by atoms with Gasteiger partial charge < -0.3 is 4.74 Å². The lowest BCUT2D eigenvalue weighted by molar-refractivity contribution is 0.185. The van der Waals surface area contributed by atoms with E-state index in [9.17, 15) is 0 Å². The van der Waals surface area contributed by atoms with Crippen molar-refractivity contribution in [3.05, 3.63) is 70.8 Å². The average Bonchev–Trinajstić information content (AvgIpc) is 3.24. The van der Waals surface area contributed by atoms with Gasteiger partial charge in [-0.2, -0.15) is 0 Å². The SMILES string of the molecule is COCc1ccc(C2CCC(c3ccc(C4CCCC4)cc3)CC2)cc1. The first kappa shape index (κ1) is 17.8. The minimum absolute atomic E-state index is 0.712. The zero-order valence-electron chi connectivity index (χ0n) is 16.1. The van der Waals surface area contributed by atoms with Crippen molar-refractivity contribution in [1.29, 1.82) is 0 Å². The summed E-state index contributed by atoms with van der Waals surface area (Å²) in [4.78, 5) is 0. The normalized spacial score (nSPS) is 24.0. The maximum atomic E-state index is 5.22. The zero-order valence-corrected chi connectivity index (χ0v) is 16.1. The molecule has 0 radical (unpaired) electrons. The number of hydrogen-bond donors (Lipinski definition) is 0. The molecule has 0 N–H and O–H groups in total. The fraction of sp³-hybridized carbons (Fsp3) is 0.520. The van der Waals surface area contributed by atoms with E-state index in [1.807, 2.05) is 0 Å². The highest BCUT2D eigenvalue weighted by Gasteiger charge is 2.24. The van der Waals surface area contributed by atoms with Gasteiger partial charge in [0.05, 0.1) is 6.61 Å². The van der Waals surface area contributed by atoms with Crippen LogP contribution in [0.1, 0.15) is 91.4 Å². The van der Waals surface area contributed by atoms with Crippen molar-refractivity contribution in [2.45, 2.75) is 75.7 Å². The first-order chi connectivity index (χ1) is 12.8. The highest BCUT2D eigenvalue weighted by atomic mass is 16.5. The van der Waals surface area contributed by atoms with Gasteiger partial charge in [-0.3, -0.25) is 0 Å². The minimum Gasteiger partial charge on any atom is -0.380 e. The number of ether oxygens (including phenoxy) is 1. The quantitative estimate of drug-likeness (QED) is 0.569. The highest BCUT2D eigenvalue weighted by Crippen LogP contribution is 2.41. The molecule has 2 fully saturated rings. The number of hydrogen-bond acceptors (Lipinski definition) is 1. The van der Waals surface area contributed by atoms with Crippen LogP contribution in [0, 0.1) is 0 Å². The van der Waals surface area contributed by atoms with E-state index in [1.165, 1.54) is 62.5 Å². The molecule has 0 aliphatic heterocycles. The summed E-state index contributed by atoms with van der Waals surface area (Å²) in [5, 5.41) is 0. The molecule has 0 bridgehead atoms. The van der Waals surface area contributed by atoms with Crippen molar-refractivity contribution in [2.75, 3.05) is 7.11 Å². The molecule has 1 heteroatoms. The van der Waals surface area contributed by atoms with E-state index >= 15 is 0 Å². The van der Waals surface area contributed by atoms with Gasteiger partial charge in [0.1, 0.15) is 0 Å². The summed E-state index contributed by atoms with van der Waals surface area (Å²) in [5.74, 6) is 2.33. The topological polar surface area (TPSA) is 9.23 Å². The van der Waals surface area contributed by atoms with E-state index in [0.29, 0.717) is 6.61 Å². The lowest BCUT2D eigenvalue weighted by Crippen LogP contribution is -2.12. The molecule has 1 nitrogen and oxygen atoms in total. The van der Waals surface area contributed by atoms with Gasteiger partial charge >= 0.3 is 0 Å². The summed E-state index contributed by atoms with van der Waals surface area (Å²) in [7, 11) is 1.76. The monoisotopic (exact) mass is 348 g/mol. The van der Waals surface area contributed by atoms with Gasteiger partial charge in [0, 0.05) is 7.11 Å². The molecule has 0 amide bonds. The molecule has 2 aliphatic carbocycles. The van der Waals surface area contributed by atoms with Crippen LogP contribution in [0.2, 0.25) is 0 Å². The van der Waals surface area contributed by atoms with Crippen molar-refractivity contribution in [1.82, 2.24) is 0 Å². The van der Waals surface area contributed by atoms with Gasteiger partial charge in [-0.15, -0.1) is 0 Å². The summed E-state index contributed by atoms with van der Waals surface area (Å²) in [6.45, 7) is 0.712. The van der Waals surface area contributed by atoms with Crippen LogP contribution < -0.4 is 0 Å². The Morgan fingerprint density at radius 1 is 0.615 bits per heavy atom. The fourth-order valence-corrected chi connectivity index (χ4v) is 5.11. The third-order valence-electron chi connectivity index (χ3n) is 6.72. The van der Waals surface area contributed by atoms with Crippen molar-refractivity contribution in [2.24, 2.45) is 0 Å². The van der Waals surface area contributed by atoms with Gasteiger partial charge in [0.15, 0.2) is 0 Å². The molecule has 2 aliphatic rings. The van der Waals surface area contributed by atoms with Crippen LogP contribution in [0.3, 0.4) is 0 Å². The molecule has 2 aromatic carbocycles. The summed E-state index contributed by atoms with van der Waals surface area (Å²) >= 11 is 0. The molecular weight excluding hydrogens is 316 g/mol. The smallest absolute Gasteiger partial charge is 0.0713 e. The molecule has 4 rings (SSSR count). The Labute approximate surface area is 158 Å². The van der Waals surface area contributed by atoms with Gasteiger partial charge in [-0.25, -0.2) is 0 Å². The van der Waals surface area contributed by atoms with Crippen LogP contribution in [-0.4, -0.2) is 7.11 Å². The summed E-state index contributed by atoms with van der Waals surface area (Å²) in [6, 6.07) is 18.8. The van der Waals surface area contributed by atoms with Gasteiger partial charge in [-0.05, 0) is 78.5 Å². The molecule has 0 atom stereocenters. The Morgan fingerprint density at radius 3 is 1.42 bits per heavy atom. The number of methoxy groups -OCH3 is 1. The van der Waals surface area contributed by atoms with E-state index in [-0.39, 0.29) is 0 Å². The van der Waals surface area contributed by atoms with Crippen molar-refractivity contribution < 1.29 is 4.74 Å². The molecule has 138 valence electrons. The first-order valence-electron chi connectivity index (χ1n) is 10.5. The Kier molecular flexibility index (Phi) is 5.75. The highest BCUT2D eigenvalue weighted by molar-refractivity contribution is 5.30. The Balaban J connectivity index is 1.34. The van der Waals surface area contributed by atoms with E-state index < -0.39 is 0 Å². The molecular formula is C25H32O. The molecule has 0 spiro atoms. The lowest BCUT2D eigenvalue weighted by Gasteiger charge is -2.29. The second kappa shape index (κ2) is 8.39. The van der Waals surface area contributed by atoms with Crippen LogP contribution in [0.5, 0.6) is 0 Å². The zero-order chi connectivity index (χ0) is 17.8. The van der Waals surface area contributed by atoms with Crippen LogP contribution >= 0.6 is 0 Å². The Bertz CT molecular complexity index is 671. The van der Waals surface area contributed by atoms with E-state index in [1.54, 1.807) is 18.2 Å². The van der Waals surface area contributed by atoms with Crippen molar-refractivity contribution in [3.8, 4) is 0 Å². The number of rotatable bonds is 5. The van der Waals surface area contributed by atoms with E-state index in [4.69, 9.17) is 4.74 Å². The van der Waals surface area contributed by atoms with Crippen LogP contribution in [0.15, 0.2) is 48.5 Å². The predicted octanol–water partition coefficient (Wildman–Crippen LogP) is 6.93. The van der Waals surface area contributed by atoms with Gasteiger partial charge in [0.2, 0.25) is 0 Å². The summed E-state index contributed by atoms with van der Waals surface area (Å²) in [6.07, 6.45) is 10.9. The van der Waals surface area contributed by atoms with Crippen molar-refractivity contribution >= 4 is 0 Å². The fourth-order valence-electron chi connectivity index (χ4n) is 5.11. The molecule has 2 aromatic rings. The lowest BCUT2D eigenvalue weighted by atomic mass is 9.76. The van der Waals surface area contributed by atoms with E-state index in [2.05, 4.69) is 48.5 Å². The molecule has 2 saturated carbocycles. The minimum atomic E-state index is 0.712. The van der Waals surface area contributed by atoms with Gasteiger partial charge in [-0.1, -0.05) is 61.4 Å². The predicted molar refractivity (Wildman–Crippen MR) is 109 cm³/mol. The molecule has 0 aromatic heterocycles. The van der Waals surface area contributed by atoms with Crippen LogP contribution in [0.25, 0.3) is 0 Å². The van der Waals surface area contributed by atoms with Crippen molar-refractivity contribution in [3.63, 3.8) is 0 Å². The van der Waals surface area contributed by atoms with Crippen LogP contribution in [-0.2, 0) is 11.3 Å².